The second kappa shape index (κ2) is 8.74. The van der Waals surface area contributed by atoms with E-state index in [-0.39, 0.29) is 6.54 Å². The Bertz CT molecular complexity index is 611. The smallest absolute Gasteiger partial charge is 0.194 e. The van der Waals surface area contributed by atoms with Gasteiger partial charge in [-0.3, -0.25) is 0 Å². The van der Waals surface area contributed by atoms with Crippen LogP contribution < -0.4 is 5.32 Å². The van der Waals surface area contributed by atoms with Crippen molar-refractivity contribution in [2.75, 3.05) is 20.1 Å². The van der Waals surface area contributed by atoms with Crippen molar-refractivity contribution in [3.8, 4) is 0 Å². The van der Waals surface area contributed by atoms with Crippen LogP contribution in [0.2, 0.25) is 0 Å². The van der Waals surface area contributed by atoms with E-state index in [4.69, 9.17) is 4.42 Å². The SMILES string of the molecule is CCNC(=NCC(O)c1ccco1)N(C)Cc1ccc(Br)cc1. The predicted octanol–water partition coefficient (Wildman–Crippen LogP) is 3.17. The summed E-state index contributed by atoms with van der Waals surface area (Å²) in [5, 5.41) is 13.3. The number of nitrogens with zero attached hydrogens (tertiary/aromatic N) is 2. The lowest BCUT2D eigenvalue weighted by Gasteiger charge is -2.22. The zero-order chi connectivity index (χ0) is 16.7. The molecule has 0 aliphatic carbocycles. The molecule has 2 rings (SSSR count). The summed E-state index contributed by atoms with van der Waals surface area (Å²) in [6.07, 6.45) is 0.812. The number of aliphatic hydroxyl groups is 1. The van der Waals surface area contributed by atoms with Gasteiger partial charge in [0.05, 0.1) is 12.8 Å². The molecule has 0 bridgehead atoms. The Labute approximate surface area is 145 Å². The second-order valence-electron chi connectivity index (χ2n) is 5.21. The molecule has 6 heteroatoms. The summed E-state index contributed by atoms with van der Waals surface area (Å²) in [6.45, 7) is 3.77. The van der Waals surface area contributed by atoms with Gasteiger partial charge in [0, 0.05) is 24.6 Å². The van der Waals surface area contributed by atoms with Gasteiger partial charge in [-0.1, -0.05) is 28.1 Å². The highest BCUT2D eigenvalue weighted by atomic mass is 79.9. The standard InChI is InChI=1S/C17H22BrN3O2/c1-3-19-17(20-11-15(22)16-5-4-10-23-16)21(2)12-13-6-8-14(18)9-7-13/h4-10,15,22H,3,11-12H2,1-2H3,(H,19,20). The van der Waals surface area contributed by atoms with Crippen molar-refractivity contribution in [3.63, 3.8) is 0 Å². The number of nitrogens with one attached hydrogen (secondary N) is 1. The maximum atomic E-state index is 10.1. The summed E-state index contributed by atoms with van der Waals surface area (Å²) < 4.78 is 6.26. The number of furan rings is 1. The van der Waals surface area contributed by atoms with Crippen molar-refractivity contribution in [3.05, 3.63) is 58.5 Å². The molecule has 124 valence electrons. The highest BCUT2D eigenvalue weighted by Gasteiger charge is 2.12. The Kier molecular flexibility index (Phi) is 6.67. The first-order valence-electron chi connectivity index (χ1n) is 7.55. The molecule has 2 N–H and O–H groups in total. The molecule has 0 aliphatic rings. The normalized spacial score (nSPS) is 13.0. The Morgan fingerprint density at radius 3 is 2.70 bits per heavy atom. The van der Waals surface area contributed by atoms with E-state index in [2.05, 4.69) is 38.4 Å². The van der Waals surface area contributed by atoms with Crippen LogP contribution in [0.4, 0.5) is 0 Å². The summed E-state index contributed by atoms with van der Waals surface area (Å²) in [7, 11) is 1.98. The monoisotopic (exact) mass is 379 g/mol. The number of hydrogen-bond donors (Lipinski definition) is 2. The molecule has 1 unspecified atom stereocenters. The van der Waals surface area contributed by atoms with Crippen molar-refractivity contribution in [1.82, 2.24) is 10.2 Å². The number of rotatable bonds is 6. The van der Waals surface area contributed by atoms with Gasteiger partial charge in [-0.2, -0.15) is 0 Å². The van der Waals surface area contributed by atoms with Gasteiger partial charge in [0.25, 0.3) is 0 Å². The van der Waals surface area contributed by atoms with Crippen LogP contribution in [-0.2, 0) is 6.54 Å². The number of halogens is 1. The fraction of sp³-hybridized carbons (Fsp3) is 0.353. The van der Waals surface area contributed by atoms with E-state index in [1.165, 1.54) is 5.56 Å². The molecule has 0 saturated heterocycles. The van der Waals surface area contributed by atoms with Crippen LogP contribution in [0.1, 0.15) is 24.4 Å². The van der Waals surface area contributed by atoms with E-state index in [9.17, 15) is 5.11 Å². The van der Waals surface area contributed by atoms with Gasteiger partial charge in [-0.25, -0.2) is 4.99 Å². The molecule has 0 amide bonds. The highest BCUT2D eigenvalue weighted by Crippen LogP contribution is 2.14. The van der Waals surface area contributed by atoms with Crippen LogP contribution in [0.5, 0.6) is 0 Å². The van der Waals surface area contributed by atoms with Crippen LogP contribution in [-0.4, -0.2) is 36.1 Å². The molecule has 0 spiro atoms. The van der Waals surface area contributed by atoms with Gasteiger partial charge in [-0.15, -0.1) is 0 Å². The molecular weight excluding hydrogens is 358 g/mol. The average molecular weight is 380 g/mol. The Morgan fingerprint density at radius 1 is 1.35 bits per heavy atom. The number of guanidine groups is 1. The van der Waals surface area contributed by atoms with E-state index in [1.807, 2.05) is 31.0 Å². The summed E-state index contributed by atoms with van der Waals surface area (Å²) >= 11 is 3.44. The van der Waals surface area contributed by atoms with Gasteiger partial charge < -0.3 is 19.7 Å². The minimum absolute atomic E-state index is 0.251. The zero-order valence-corrected chi connectivity index (χ0v) is 15.0. The van der Waals surface area contributed by atoms with Gasteiger partial charge >= 0.3 is 0 Å². The van der Waals surface area contributed by atoms with Gasteiger partial charge in [-0.05, 0) is 36.8 Å². The minimum atomic E-state index is -0.736. The summed E-state index contributed by atoms with van der Waals surface area (Å²) in [6, 6.07) is 11.7. The third-order valence-corrected chi connectivity index (χ3v) is 3.84. The molecule has 0 radical (unpaired) electrons. The molecule has 1 heterocycles. The Balaban J connectivity index is 2.00. The average Bonchev–Trinajstić information content (AvgIpc) is 3.07. The number of aliphatic imine (C=N–C) groups is 1. The van der Waals surface area contributed by atoms with Gasteiger partial charge in [0.15, 0.2) is 5.96 Å². The van der Waals surface area contributed by atoms with E-state index < -0.39 is 6.10 Å². The lowest BCUT2D eigenvalue weighted by Crippen LogP contribution is -2.38. The molecular formula is C17H22BrN3O2. The fourth-order valence-corrected chi connectivity index (χ4v) is 2.42. The first-order valence-corrected chi connectivity index (χ1v) is 8.34. The first-order chi connectivity index (χ1) is 11.1. The molecule has 1 atom stereocenters. The maximum absolute atomic E-state index is 10.1. The molecule has 0 aliphatic heterocycles. The van der Waals surface area contributed by atoms with Crippen molar-refractivity contribution in [1.29, 1.82) is 0 Å². The second-order valence-corrected chi connectivity index (χ2v) is 6.12. The largest absolute Gasteiger partial charge is 0.467 e. The van der Waals surface area contributed by atoms with Crippen LogP contribution in [0.25, 0.3) is 0 Å². The van der Waals surface area contributed by atoms with E-state index in [0.717, 1.165) is 23.5 Å². The third-order valence-electron chi connectivity index (χ3n) is 3.32. The van der Waals surface area contributed by atoms with E-state index in [0.29, 0.717) is 5.76 Å². The topological polar surface area (TPSA) is 61.0 Å². The summed E-state index contributed by atoms with van der Waals surface area (Å²) in [5.74, 6) is 1.28. The first kappa shape index (κ1) is 17.6. The number of benzene rings is 1. The predicted molar refractivity (Wildman–Crippen MR) is 95.3 cm³/mol. The molecule has 0 fully saturated rings. The fourth-order valence-electron chi connectivity index (χ4n) is 2.15. The van der Waals surface area contributed by atoms with Gasteiger partial charge in [0.2, 0.25) is 0 Å². The molecule has 0 saturated carbocycles. The molecule has 5 nitrogen and oxygen atoms in total. The highest BCUT2D eigenvalue weighted by molar-refractivity contribution is 9.10. The van der Waals surface area contributed by atoms with Crippen molar-refractivity contribution in [2.24, 2.45) is 4.99 Å². The minimum Gasteiger partial charge on any atom is -0.467 e. The van der Waals surface area contributed by atoms with Crippen LogP contribution in [0.15, 0.2) is 56.5 Å². The zero-order valence-electron chi connectivity index (χ0n) is 13.4. The van der Waals surface area contributed by atoms with Crippen LogP contribution >= 0.6 is 15.9 Å². The molecule has 2 aromatic rings. The van der Waals surface area contributed by atoms with Crippen LogP contribution in [0.3, 0.4) is 0 Å². The molecule has 1 aromatic heterocycles. The Morgan fingerprint density at radius 2 is 2.09 bits per heavy atom. The lowest BCUT2D eigenvalue weighted by molar-refractivity contribution is 0.158. The van der Waals surface area contributed by atoms with Gasteiger partial charge in [0.1, 0.15) is 11.9 Å². The van der Waals surface area contributed by atoms with Crippen molar-refractivity contribution >= 4 is 21.9 Å². The lowest BCUT2D eigenvalue weighted by atomic mass is 10.2. The van der Waals surface area contributed by atoms with Crippen molar-refractivity contribution < 1.29 is 9.52 Å². The maximum Gasteiger partial charge on any atom is 0.194 e. The van der Waals surface area contributed by atoms with Crippen LogP contribution in [0, 0.1) is 0 Å². The molecule has 1 aromatic carbocycles. The van der Waals surface area contributed by atoms with E-state index in [1.54, 1.807) is 18.4 Å². The molecule has 23 heavy (non-hydrogen) atoms. The quantitative estimate of drug-likeness (QED) is 0.597. The number of hydrogen-bond acceptors (Lipinski definition) is 3. The van der Waals surface area contributed by atoms with Crippen molar-refractivity contribution in [2.45, 2.75) is 19.6 Å². The Hall–Kier alpha value is -1.79. The number of aliphatic hydroxyl groups excluding tert-OH is 1. The third kappa shape index (κ3) is 5.41. The summed E-state index contributed by atoms with van der Waals surface area (Å²) in [5.41, 5.74) is 1.19. The summed E-state index contributed by atoms with van der Waals surface area (Å²) in [4.78, 5) is 6.52. The van der Waals surface area contributed by atoms with E-state index >= 15 is 0 Å².